The molecule has 0 bridgehead atoms. The van der Waals surface area contributed by atoms with Gasteiger partial charge in [-0.1, -0.05) is 133 Å². The molecule has 0 amide bonds. The second-order valence-corrected chi connectivity index (χ2v) is 12.8. The van der Waals surface area contributed by atoms with Crippen LogP contribution in [0.15, 0.2) is 146 Å². The molecule has 1 N–H and O–H groups in total. The highest BCUT2D eigenvalue weighted by Gasteiger charge is 2.50. The zero-order valence-corrected chi connectivity index (χ0v) is 21.6. The predicted octanol–water partition coefficient (Wildman–Crippen LogP) is 4.99. The van der Waals surface area contributed by atoms with Gasteiger partial charge in [0.2, 0.25) is 0 Å². The molecule has 0 aliphatic heterocycles. The first kappa shape index (κ1) is 24.9. The van der Waals surface area contributed by atoms with Crippen LogP contribution in [0.1, 0.15) is 32.0 Å². The largest absolute Gasteiger partial charge is 0.478 e. The highest BCUT2D eigenvalue weighted by atomic mass is 28.3. The van der Waals surface area contributed by atoms with Gasteiger partial charge in [-0.25, -0.2) is 9.59 Å². The third-order valence-electron chi connectivity index (χ3n) is 6.79. The normalized spacial score (nSPS) is 11.9. The van der Waals surface area contributed by atoms with Gasteiger partial charge in [0.1, 0.15) is 5.73 Å². The maximum absolute atomic E-state index is 13.8. The number of hydrogen-bond acceptors (Lipinski definition) is 3. The second-order valence-electron chi connectivity index (χ2n) is 8.95. The Balaban J connectivity index is 1.81. The lowest BCUT2D eigenvalue weighted by Crippen LogP contribution is -2.71. The van der Waals surface area contributed by atoms with Crippen LogP contribution in [0.2, 0.25) is 0 Å². The third-order valence-corrected chi connectivity index (χ3v) is 11.8. The summed E-state index contributed by atoms with van der Waals surface area (Å²) in [6, 6.07) is 46.5. The van der Waals surface area contributed by atoms with Crippen LogP contribution in [0, 0.1) is 0 Å². The van der Waals surface area contributed by atoms with Crippen LogP contribution in [-0.4, -0.2) is 25.1 Å². The fraction of sp³-hybridized carbons (Fsp3) is 0.0303. The first-order valence-electron chi connectivity index (χ1n) is 12.4. The lowest BCUT2D eigenvalue weighted by molar-refractivity contribution is 0.0425. The first-order chi connectivity index (χ1) is 18.6. The van der Waals surface area contributed by atoms with Gasteiger partial charge in [-0.05, 0) is 33.3 Å². The van der Waals surface area contributed by atoms with Gasteiger partial charge in [0, 0.05) is 0 Å². The number of carboxylic acid groups (broad SMARTS) is 1. The molecule has 38 heavy (non-hydrogen) atoms. The molecule has 0 aromatic heterocycles. The molecule has 0 aliphatic rings. The van der Waals surface area contributed by atoms with Gasteiger partial charge in [-0.15, -0.1) is 0 Å². The highest BCUT2D eigenvalue weighted by Crippen LogP contribution is 2.30. The van der Waals surface area contributed by atoms with E-state index in [0.29, 0.717) is 0 Å². The monoisotopic (exact) mass is 514 g/mol. The van der Waals surface area contributed by atoms with Crippen molar-refractivity contribution in [1.82, 2.24) is 0 Å². The summed E-state index contributed by atoms with van der Waals surface area (Å²) in [6.45, 7) is 0. The molecular weight excluding hydrogens is 488 g/mol. The Kier molecular flexibility index (Phi) is 7.29. The Bertz CT molecular complexity index is 1420. The van der Waals surface area contributed by atoms with E-state index >= 15 is 0 Å². The molecule has 0 spiro atoms. The van der Waals surface area contributed by atoms with Gasteiger partial charge in [-0.2, -0.15) is 0 Å². The molecule has 5 heteroatoms. The van der Waals surface area contributed by atoms with Crippen LogP contribution in [0.25, 0.3) is 0 Å². The van der Waals surface area contributed by atoms with Gasteiger partial charge in [0.05, 0.1) is 11.1 Å². The number of esters is 1. The Morgan fingerprint density at radius 2 is 0.895 bits per heavy atom. The van der Waals surface area contributed by atoms with Crippen LogP contribution < -0.4 is 15.6 Å². The number of carbonyl (C=O) groups excluding carboxylic acids is 1. The van der Waals surface area contributed by atoms with Crippen molar-refractivity contribution in [3.63, 3.8) is 0 Å². The molecule has 0 saturated carbocycles. The highest BCUT2D eigenvalue weighted by molar-refractivity contribution is 7.12. The van der Waals surface area contributed by atoms with Crippen molar-refractivity contribution in [3.8, 4) is 0 Å². The maximum Gasteiger partial charge on any atom is 0.339 e. The van der Waals surface area contributed by atoms with Crippen molar-refractivity contribution in [1.29, 1.82) is 0 Å². The zero-order chi connectivity index (χ0) is 26.4. The van der Waals surface area contributed by atoms with E-state index in [9.17, 15) is 14.7 Å². The number of hydrogen-bond donors (Lipinski definition) is 1. The molecule has 0 heterocycles. The number of carbonyl (C=O) groups is 2. The molecule has 0 radical (unpaired) electrons. The molecule has 0 fully saturated rings. The van der Waals surface area contributed by atoms with Crippen molar-refractivity contribution in [3.05, 3.63) is 162 Å². The summed E-state index contributed by atoms with van der Waals surface area (Å²) in [6.07, 6.45) is 0. The van der Waals surface area contributed by atoms with Gasteiger partial charge >= 0.3 is 11.9 Å². The van der Waals surface area contributed by atoms with E-state index in [2.05, 4.69) is 36.4 Å². The minimum Gasteiger partial charge on any atom is -0.478 e. The van der Waals surface area contributed by atoms with E-state index < -0.39 is 25.7 Å². The summed E-state index contributed by atoms with van der Waals surface area (Å²) < 4.78 is 6.50. The topological polar surface area (TPSA) is 63.6 Å². The van der Waals surface area contributed by atoms with E-state index in [1.54, 1.807) is 12.1 Å². The molecule has 0 unspecified atom stereocenters. The third kappa shape index (κ3) is 4.67. The molecule has 0 aliphatic carbocycles. The summed E-state index contributed by atoms with van der Waals surface area (Å²) in [7, 11) is -3.12. The molecular formula is C33H26O4Si. The minimum absolute atomic E-state index is 0.0259. The summed E-state index contributed by atoms with van der Waals surface area (Å²) in [5.41, 5.74) is 0.0934. The van der Waals surface area contributed by atoms with E-state index in [4.69, 9.17) is 4.74 Å². The Labute approximate surface area is 222 Å². The van der Waals surface area contributed by atoms with Crippen LogP contribution in [0.3, 0.4) is 0 Å². The standard InChI is InChI=1S/C33H26O4Si/c34-31(35)29-23-13-14-24-30(29)32(36)37-33(25-15-5-1-6-16-25)38(26-17-7-2-8-18-26,27-19-9-3-10-20-27)28-21-11-4-12-22-28/h1-24,33H,(H,34,35)/t33-/m0/s1. The Hall–Kier alpha value is -4.74. The van der Waals surface area contributed by atoms with Gasteiger partial charge in [-0.3, -0.25) is 0 Å². The van der Waals surface area contributed by atoms with Gasteiger partial charge < -0.3 is 9.84 Å². The van der Waals surface area contributed by atoms with Crippen molar-refractivity contribution >= 4 is 35.6 Å². The minimum atomic E-state index is -3.12. The zero-order valence-electron chi connectivity index (χ0n) is 20.6. The van der Waals surface area contributed by atoms with Crippen LogP contribution in [0.5, 0.6) is 0 Å². The fourth-order valence-corrected chi connectivity index (χ4v) is 10.1. The van der Waals surface area contributed by atoms with E-state index in [1.807, 2.05) is 84.9 Å². The van der Waals surface area contributed by atoms with E-state index in [-0.39, 0.29) is 11.1 Å². The SMILES string of the molecule is O=C(O)c1ccccc1C(=O)O[C@H](c1ccccc1)[Si](c1ccccc1)(c1ccccc1)c1ccccc1. The number of aromatic carboxylic acids is 1. The van der Waals surface area contributed by atoms with Crippen LogP contribution in [0.4, 0.5) is 0 Å². The lowest BCUT2D eigenvalue weighted by atomic mass is 10.1. The summed E-state index contributed by atoms with van der Waals surface area (Å²) in [5, 5.41) is 13.0. The lowest BCUT2D eigenvalue weighted by Gasteiger charge is -2.40. The number of carboxylic acids is 1. The van der Waals surface area contributed by atoms with E-state index in [1.165, 1.54) is 12.1 Å². The molecule has 186 valence electrons. The average Bonchev–Trinajstić information content (AvgIpc) is 2.99. The molecule has 5 rings (SSSR count). The molecule has 5 aromatic carbocycles. The fourth-order valence-electron chi connectivity index (χ4n) is 5.11. The summed E-state index contributed by atoms with van der Waals surface area (Å²) >= 11 is 0. The number of ether oxygens (including phenoxy) is 1. The van der Waals surface area contributed by atoms with Crippen molar-refractivity contribution in [2.24, 2.45) is 0 Å². The van der Waals surface area contributed by atoms with Crippen molar-refractivity contribution < 1.29 is 19.4 Å². The summed E-state index contributed by atoms with van der Waals surface area (Å²) in [4.78, 5) is 25.8. The number of benzene rings is 5. The molecule has 0 saturated heterocycles. The molecule has 1 atom stereocenters. The van der Waals surface area contributed by atoms with Gasteiger partial charge in [0.15, 0.2) is 8.07 Å². The number of rotatable bonds is 8. The van der Waals surface area contributed by atoms with Crippen LogP contribution >= 0.6 is 0 Å². The average molecular weight is 515 g/mol. The van der Waals surface area contributed by atoms with Crippen molar-refractivity contribution in [2.45, 2.75) is 5.73 Å². The van der Waals surface area contributed by atoms with E-state index in [0.717, 1.165) is 21.1 Å². The Morgan fingerprint density at radius 3 is 1.32 bits per heavy atom. The van der Waals surface area contributed by atoms with Gasteiger partial charge in [0.25, 0.3) is 0 Å². The Morgan fingerprint density at radius 1 is 0.526 bits per heavy atom. The first-order valence-corrected chi connectivity index (χ1v) is 14.4. The molecule has 4 nitrogen and oxygen atoms in total. The van der Waals surface area contributed by atoms with Crippen LogP contribution in [-0.2, 0) is 4.74 Å². The maximum atomic E-state index is 13.8. The quantitative estimate of drug-likeness (QED) is 0.180. The molecule has 5 aromatic rings. The predicted molar refractivity (Wildman–Crippen MR) is 152 cm³/mol. The summed E-state index contributed by atoms with van der Waals surface area (Å²) in [5.74, 6) is -1.84. The van der Waals surface area contributed by atoms with Crippen molar-refractivity contribution in [2.75, 3.05) is 0 Å². The second kappa shape index (κ2) is 11.1. The smallest absolute Gasteiger partial charge is 0.339 e.